The largest absolute Gasteiger partial charge is 0.396 e. The molecule has 0 spiro atoms. The Labute approximate surface area is 100 Å². The molecular formula is C13H28N2O. The summed E-state index contributed by atoms with van der Waals surface area (Å²) in [7, 11) is 0. The summed E-state index contributed by atoms with van der Waals surface area (Å²) in [6, 6.07) is 0.717. The summed E-state index contributed by atoms with van der Waals surface area (Å²) in [6.07, 6.45) is 4.75. The molecular weight excluding hydrogens is 200 g/mol. The highest BCUT2D eigenvalue weighted by atomic mass is 16.2. The Morgan fingerprint density at radius 1 is 1.38 bits per heavy atom. The number of nitrogens with one attached hydrogen (secondary N) is 1. The van der Waals surface area contributed by atoms with E-state index < -0.39 is 0 Å². The fourth-order valence-corrected chi connectivity index (χ4v) is 2.42. The van der Waals surface area contributed by atoms with Crippen molar-refractivity contribution in [2.75, 3.05) is 26.2 Å². The van der Waals surface area contributed by atoms with Gasteiger partial charge in [-0.1, -0.05) is 0 Å². The van der Waals surface area contributed by atoms with Crippen LogP contribution < -0.4 is 5.32 Å². The van der Waals surface area contributed by atoms with Gasteiger partial charge in [0, 0.05) is 31.3 Å². The molecule has 3 heteroatoms. The molecule has 1 rings (SSSR count). The van der Waals surface area contributed by atoms with Gasteiger partial charge in [-0.2, -0.15) is 0 Å². The van der Waals surface area contributed by atoms with E-state index in [9.17, 15) is 0 Å². The lowest BCUT2D eigenvalue weighted by molar-refractivity contribution is 0.211. The summed E-state index contributed by atoms with van der Waals surface area (Å²) in [5.74, 6) is 0. The third-order valence-electron chi connectivity index (χ3n) is 3.25. The minimum Gasteiger partial charge on any atom is -0.396 e. The lowest BCUT2D eigenvalue weighted by Crippen LogP contribution is -2.42. The normalized spacial score (nSPS) is 22.9. The SMILES string of the molecule is CC(C)(C)NCCN1CCCC1CCCO. The van der Waals surface area contributed by atoms with Gasteiger partial charge in [0.15, 0.2) is 0 Å². The van der Waals surface area contributed by atoms with Crippen LogP contribution in [0.15, 0.2) is 0 Å². The Hall–Kier alpha value is -0.120. The number of hydrogen-bond acceptors (Lipinski definition) is 3. The van der Waals surface area contributed by atoms with Crippen LogP contribution >= 0.6 is 0 Å². The Kier molecular flexibility index (Phi) is 5.73. The van der Waals surface area contributed by atoms with Gasteiger partial charge in [0.05, 0.1) is 0 Å². The highest BCUT2D eigenvalue weighted by molar-refractivity contribution is 4.80. The molecule has 0 radical (unpaired) electrons. The van der Waals surface area contributed by atoms with Crippen molar-refractivity contribution in [2.45, 2.75) is 58.0 Å². The average Bonchev–Trinajstić information content (AvgIpc) is 2.60. The maximum Gasteiger partial charge on any atom is 0.0431 e. The third-order valence-corrected chi connectivity index (χ3v) is 3.25. The van der Waals surface area contributed by atoms with E-state index in [1.807, 2.05) is 0 Å². The predicted octanol–water partition coefficient (Wildman–Crippen LogP) is 1.61. The molecule has 0 saturated carbocycles. The monoisotopic (exact) mass is 228 g/mol. The van der Waals surface area contributed by atoms with Crippen LogP contribution in [0.1, 0.15) is 46.5 Å². The molecule has 16 heavy (non-hydrogen) atoms. The summed E-state index contributed by atoms with van der Waals surface area (Å²) in [5, 5.41) is 12.4. The van der Waals surface area contributed by atoms with Crippen molar-refractivity contribution in [1.82, 2.24) is 10.2 Å². The second kappa shape index (κ2) is 6.58. The van der Waals surface area contributed by atoms with Crippen LogP contribution in [0.3, 0.4) is 0 Å². The summed E-state index contributed by atoms with van der Waals surface area (Å²) in [5.41, 5.74) is 0.223. The zero-order valence-electron chi connectivity index (χ0n) is 11.1. The van der Waals surface area contributed by atoms with Crippen LogP contribution in [0.5, 0.6) is 0 Å². The van der Waals surface area contributed by atoms with Crippen molar-refractivity contribution >= 4 is 0 Å². The standard InChI is InChI=1S/C13H28N2O/c1-13(2,3)14-8-10-15-9-4-6-12(15)7-5-11-16/h12,14,16H,4-11H2,1-3H3. The van der Waals surface area contributed by atoms with Gasteiger partial charge in [-0.05, 0) is 53.0 Å². The molecule has 0 aromatic heterocycles. The summed E-state index contributed by atoms with van der Waals surface area (Å²) < 4.78 is 0. The van der Waals surface area contributed by atoms with Crippen LogP contribution in [-0.4, -0.2) is 47.8 Å². The van der Waals surface area contributed by atoms with E-state index in [0.29, 0.717) is 12.6 Å². The number of aliphatic hydroxyl groups excluding tert-OH is 1. The first kappa shape index (κ1) is 13.9. The Morgan fingerprint density at radius 2 is 2.12 bits per heavy atom. The second-order valence-corrected chi connectivity index (χ2v) is 5.87. The maximum atomic E-state index is 8.86. The van der Waals surface area contributed by atoms with Gasteiger partial charge in [-0.25, -0.2) is 0 Å². The van der Waals surface area contributed by atoms with Gasteiger partial charge in [-0.15, -0.1) is 0 Å². The number of likely N-dealkylation sites (tertiary alicyclic amines) is 1. The lowest BCUT2D eigenvalue weighted by atomic mass is 10.1. The Bertz CT molecular complexity index is 189. The topological polar surface area (TPSA) is 35.5 Å². The first-order valence-electron chi connectivity index (χ1n) is 6.63. The van der Waals surface area contributed by atoms with E-state index in [4.69, 9.17) is 5.11 Å². The lowest BCUT2D eigenvalue weighted by Gasteiger charge is -2.27. The highest BCUT2D eigenvalue weighted by Crippen LogP contribution is 2.20. The van der Waals surface area contributed by atoms with Crippen molar-refractivity contribution in [1.29, 1.82) is 0 Å². The van der Waals surface area contributed by atoms with Crippen LogP contribution in [0.25, 0.3) is 0 Å². The molecule has 2 N–H and O–H groups in total. The molecule has 1 fully saturated rings. The van der Waals surface area contributed by atoms with E-state index in [-0.39, 0.29) is 5.54 Å². The molecule has 1 aliphatic heterocycles. The predicted molar refractivity (Wildman–Crippen MR) is 68.7 cm³/mol. The molecule has 1 unspecified atom stereocenters. The summed E-state index contributed by atoms with van der Waals surface area (Å²) in [4.78, 5) is 2.58. The van der Waals surface area contributed by atoms with Crippen molar-refractivity contribution < 1.29 is 5.11 Å². The fourth-order valence-electron chi connectivity index (χ4n) is 2.42. The average molecular weight is 228 g/mol. The molecule has 1 aliphatic rings. The molecule has 96 valence electrons. The van der Waals surface area contributed by atoms with E-state index in [2.05, 4.69) is 31.0 Å². The van der Waals surface area contributed by atoms with E-state index in [1.54, 1.807) is 0 Å². The molecule has 0 aromatic carbocycles. The van der Waals surface area contributed by atoms with Crippen molar-refractivity contribution in [3.63, 3.8) is 0 Å². The maximum absolute atomic E-state index is 8.86. The molecule has 0 aromatic rings. The van der Waals surface area contributed by atoms with Gasteiger partial charge >= 0.3 is 0 Å². The number of nitrogens with zero attached hydrogens (tertiary/aromatic N) is 1. The number of aliphatic hydroxyl groups is 1. The van der Waals surface area contributed by atoms with Gasteiger partial charge in [0.2, 0.25) is 0 Å². The number of rotatable bonds is 6. The molecule has 1 saturated heterocycles. The summed E-state index contributed by atoms with van der Waals surface area (Å²) >= 11 is 0. The number of hydrogen-bond donors (Lipinski definition) is 2. The molecule has 1 heterocycles. The molecule has 0 aliphatic carbocycles. The molecule has 3 nitrogen and oxygen atoms in total. The minimum atomic E-state index is 0.223. The molecule has 0 amide bonds. The zero-order chi connectivity index (χ0) is 12.0. The first-order chi connectivity index (χ1) is 7.53. The van der Waals surface area contributed by atoms with Crippen LogP contribution in [0, 0.1) is 0 Å². The van der Waals surface area contributed by atoms with Crippen LogP contribution in [-0.2, 0) is 0 Å². The van der Waals surface area contributed by atoms with Crippen LogP contribution in [0.4, 0.5) is 0 Å². The molecule has 0 bridgehead atoms. The second-order valence-electron chi connectivity index (χ2n) is 5.87. The fraction of sp³-hybridized carbons (Fsp3) is 1.00. The van der Waals surface area contributed by atoms with Gasteiger partial charge < -0.3 is 10.4 Å². The molecule has 1 atom stereocenters. The Morgan fingerprint density at radius 3 is 2.75 bits per heavy atom. The first-order valence-corrected chi connectivity index (χ1v) is 6.63. The van der Waals surface area contributed by atoms with E-state index >= 15 is 0 Å². The third kappa shape index (κ3) is 5.28. The van der Waals surface area contributed by atoms with Gasteiger partial charge in [0.1, 0.15) is 0 Å². The van der Waals surface area contributed by atoms with Crippen LogP contribution in [0.2, 0.25) is 0 Å². The van der Waals surface area contributed by atoms with Crippen molar-refractivity contribution in [2.24, 2.45) is 0 Å². The van der Waals surface area contributed by atoms with Crippen molar-refractivity contribution in [3.8, 4) is 0 Å². The quantitative estimate of drug-likeness (QED) is 0.725. The van der Waals surface area contributed by atoms with E-state index in [1.165, 1.54) is 19.4 Å². The highest BCUT2D eigenvalue weighted by Gasteiger charge is 2.23. The van der Waals surface area contributed by atoms with Gasteiger partial charge in [-0.3, -0.25) is 4.90 Å². The van der Waals surface area contributed by atoms with Crippen molar-refractivity contribution in [3.05, 3.63) is 0 Å². The zero-order valence-corrected chi connectivity index (χ0v) is 11.1. The Balaban J connectivity index is 2.19. The van der Waals surface area contributed by atoms with E-state index in [0.717, 1.165) is 25.9 Å². The summed E-state index contributed by atoms with van der Waals surface area (Å²) in [6.45, 7) is 10.4. The minimum absolute atomic E-state index is 0.223. The smallest absolute Gasteiger partial charge is 0.0431 e. The van der Waals surface area contributed by atoms with Gasteiger partial charge in [0.25, 0.3) is 0 Å².